The van der Waals surface area contributed by atoms with Gasteiger partial charge in [0.15, 0.2) is 0 Å². The Kier molecular flexibility index (Phi) is 6.79. The lowest BCUT2D eigenvalue weighted by Crippen LogP contribution is -2.28. The minimum atomic E-state index is -3.70. The first-order chi connectivity index (χ1) is 14.5. The summed E-state index contributed by atoms with van der Waals surface area (Å²) >= 11 is 6.12. The molecule has 2 N–H and O–H groups in total. The zero-order valence-corrected chi connectivity index (χ0v) is 19.3. The summed E-state index contributed by atoms with van der Waals surface area (Å²) in [6.45, 7) is 0.900. The minimum absolute atomic E-state index is 0.00479. The van der Waals surface area contributed by atoms with E-state index in [4.69, 9.17) is 16.3 Å². The Bertz CT molecular complexity index is 1210. The normalized spacial score (nSPS) is 14.9. The first kappa shape index (κ1) is 23.3. The van der Waals surface area contributed by atoms with E-state index >= 15 is 0 Å². The second kappa shape index (κ2) is 9.03. The molecule has 1 aliphatic heterocycles. The van der Waals surface area contributed by atoms with Crippen molar-refractivity contribution >= 4 is 48.9 Å². The van der Waals surface area contributed by atoms with Gasteiger partial charge in [-0.1, -0.05) is 11.6 Å². The molecule has 0 radical (unpaired) electrons. The summed E-state index contributed by atoms with van der Waals surface area (Å²) in [5.74, 6) is -0.397. The molecule has 1 aliphatic rings. The number of hydrogen-bond donors (Lipinski definition) is 2. The fourth-order valence-corrected chi connectivity index (χ4v) is 5.49. The van der Waals surface area contributed by atoms with Gasteiger partial charge < -0.3 is 10.1 Å². The molecule has 1 heterocycles. The Morgan fingerprint density at radius 1 is 1.06 bits per heavy atom. The average molecular weight is 488 g/mol. The molecule has 3 rings (SSSR count). The topological polar surface area (TPSA) is 122 Å². The predicted molar refractivity (Wildman–Crippen MR) is 119 cm³/mol. The van der Waals surface area contributed by atoms with E-state index in [1.807, 2.05) is 0 Å². The molecule has 168 valence electrons. The highest BCUT2D eigenvalue weighted by atomic mass is 35.5. The van der Waals surface area contributed by atoms with Crippen molar-refractivity contribution in [1.82, 2.24) is 4.31 Å². The number of carbonyl (C=O) groups is 1. The third kappa shape index (κ3) is 5.48. The lowest BCUT2D eigenvalue weighted by molar-refractivity contribution is 0.102. The van der Waals surface area contributed by atoms with Crippen LogP contribution in [0.5, 0.6) is 5.75 Å². The van der Waals surface area contributed by atoms with Gasteiger partial charge in [0, 0.05) is 18.8 Å². The summed E-state index contributed by atoms with van der Waals surface area (Å²) in [6, 6.07) is 8.31. The summed E-state index contributed by atoms with van der Waals surface area (Å²) < 4.78 is 57.6. The van der Waals surface area contributed by atoms with Crippen LogP contribution in [0.1, 0.15) is 23.2 Å². The molecule has 2 aromatic carbocycles. The molecule has 9 nitrogen and oxygen atoms in total. The Morgan fingerprint density at radius 2 is 1.74 bits per heavy atom. The summed E-state index contributed by atoms with van der Waals surface area (Å²) in [6.07, 6.45) is 2.59. The number of sulfonamides is 2. The van der Waals surface area contributed by atoms with Crippen molar-refractivity contribution in [3.05, 3.63) is 47.0 Å². The molecule has 1 fully saturated rings. The SMILES string of the molecule is COc1ccc(S(=O)(=O)N2CCCC2)cc1NC(=O)c1cc(NS(C)(=O)=O)ccc1Cl. The summed E-state index contributed by atoms with van der Waals surface area (Å²) in [5.41, 5.74) is 0.310. The van der Waals surface area contributed by atoms with Crippen LogP contribution in [-0.2, 0) is 20.0 Å². The number of methoxy groups -OCH3 is 1. The maximum absolute atomic E-state index is 12.9. The standard InChI is InChI=1S/C19H22ClN3O6S2/c1-29-18-8-6-14(31(27,28)23-9-3-4-10-23)12-17(18)21-19(24)15-11-13(5-7-16(15)20)22-30(2,25)26/h5-8,11-12,22H,3-4,9-10H2,1-2H3,(H,21,24). The van der Waals surface area contributed by atoms with E-state index in [-0.39, 0.29) is 32.6 Å². The van der Waals surface area contributed by atoms with Gasteiger partial charge in [-0.2, -0.15) is 4.31 Å². The third-order valence-corrected chi connectivity index (χ3v) is 7.47. The lowest BCUT2D eigenvalue weighted by atomic mass is 10.2. The summed E-state index contributed by atoms with van der Waals surface area (Å²) in [7, 11) is -5.85. The van der Waals surface area contributed by atoms with Crippen molar-refractivity contribution in [2.75, 3.05) is 36.5 Å². The second-order valence-corrected chi connectivity index (χ2v) is 11.1. The van der Waals surface area contributed by atoms with Gasteiger partial charge in [0.2, 0.25) is 20.0 Å². The molecule has 0 aliphatic carbocycles. The Hall–Kier alpha value is -2.34. The zero-order chi connectivity index (χ0) is 22.8. The third-order valence-electron chi connectivity index (χ3n) is 4.64. The van der Waals surface area contributed by atoms with Gasteiger partial charge in [0.25, 0.3) is 5.91 Å². The predicted octanol–water partition coefficient (Wildman–Crippen LogP) is 2.76. The van der Waals surface area contributed by atoms with Crippen LogP contribution in [0.2, 0.25) is 5.02 Å². The number of carbonyl (C=O) groups excluding carboxylic acids is 1. The molecular formula is C19H22ClN3O6S2. The number of anilines is 2. The van der Waals surface area contributed by atoms with Crippen LogP contribution in [0, 0.1) is 0 Å². The van der Waals surface area contributed by atoms with E-state index in [0.717, 1.165) is 19.1 Å². The van der Waals surface area contributed by atoms with Crippen LogP contribution in [0.4, 0.5) is 11.4 Å². The molecule has 1 amide bonds. The minimum Gasteiger partial charge on any atom is -0.495 e. The molecule has 0 unspecified atom stereocenters. The number of nitrogens with one attached hydrogen (secondary N) is 2. The molecule has 1 saturated heterocycles. The van der Waals surface area contributed by atoms with Crippen molar-refractivity contribution < 1.29 is 26.4 Å². The molecule has 2 aromatic rings. The van der Waals surface area contributed by atoms with E-state index in [2.05, 4.69) is 10.0 Å². The Morgan fingerprint density at radius 3 is 2.35 bits per heavy atom. The molecular weight excluding hydrogens is 466 g/mol. The molecule has 0 spiro atoms. The highest BCUT2D eigenvalue weighted by Gasteiger charge is 2.28. The fourth-order valence-electron chi connectivity index (χ4n) is 3.19. The number of ether oxygens (including phenoxy) is 1. The van der Waals surface area contributed by atoms with Crippen LogP contribution in [0.25, 0.3) is 0 Å². The number of hydrogen-bond acceptors (Lipinski definition) is 6. The monoisotopic (exact) mass is 487 g/mol. The van der Waals surface area contributed by atoms with Crippen molar-refractivity contribution in [2.24, 2.45) is 0 Å². The number of amides is 1. The van der Waals surface area contributed by atoms with Crippen LogP contribution < -0.4 is 14.8 Å². The molecule has 0 aromatic heterocycles. The number of benzene rings is 2. The van der Waals surface area contributed by atoms with Crippen LogP contribution >= 0.6 is 11.6 Å². The maximum atomic E-state index is 12.9. The van der Waals surface area contributed by atoms with Gasteiger partial charge in [-0.3, -0.25) is 9.52 Å². The van der Waals surface area contributed by atoms with Gasteiger partial charge in [-0.15, -0.1) is 0 Å². The van der Waals surface area contributed by atoms with E-state index in [0.29, 0.717) is 13.1 Å². The van der Waals surface area contributed by atoms with Gasteiger partial charge in [0.05, 0.1) is 34.5 Å². The molecule has 0 atom stereocenters. The van der Waals surface area contributed by atoms with Crippen molar-refractivity contribution in [3.8, 4) is 5.75 Å². The molecule has 0 saturated carbocycles. The summed E-state index contributed by atoms with van der Waals surface area (Å²) in [4.78, 5) is 12.9. The van der Waals surface area contributed by atoms with Gasteiger partial charge >= 0.3 is 0 Å². The van der Waals surface area contributed by atoms with E-state index in [9.17, 15) is 21.6 Å². The second-order valence-electron chi connectivity index (χ2n) is 7.00. The summed E-state index contributed by atoms with van der Waals surface area (Å²) in [5, 5.41) is 2.70. The first-order valence-corrected chi connectivity index (χ1v) is 13.0. The highest BCUT2D eigenvalue weighted by molar-refractivity contribution is 7.92. The quantitative estimate of drug-likeness (QED) is 0.619. The van der Waals surface area contributed by atoms with Crippen LogP contribution in [0.3, 0.4) is 0 Å². The van der Waals surface area contributed by atoms with Crippen molar-refractivity contribution in [2.45, 2.75) is 17.7 Å². The lowest BCUT2D eigenvalue weighted by Gasteiger charge is -2.18. The number of nitrogens with zero attached hydrogens (tertiary/aromatic N) is 1. The van der Waals surface area contributed by atoms with E-state index in [1.54, 1.807) is 0 Å². The first-order valence-electron chi connectivity index (χ1n) is 9.28. The molecule has 12 heteroatoms. The van der Waals surface area contributed by atoms with Gasteiger partial charge in [0.1, 0.15) is 5.75 Å². The zero-order valence-electron chi connectivity index (χ0n) is 16.9. The largest absolute Gasteiger partial charge is 0.495 e. The van der Waals surface area contributed by atoms with Crippen molar-refractivity contribution in [3.63, 3.8) is 0 Å². The maximum Gasteiger partial charge on any atom is 0.257 e. The van der Waals surface area contributed by atoms with Crippen LogP contribution in [0.15, 0.2) is 41.3 Å². The van der Waals surface area contributed by atoms with Crippen LogP contribution in [-0.4, -0.2) is 53.5 Å². The Balaban J connectivity index is 1.93. The van der Waals surface area contributed by atoms with Crippen molar-refractivity contribution in [1.29, 1.82) is 0 Å². The van der Waals surface area contributed by atoms with E-state index in [1.165, 1.54) is 47.8 Å². The number of rotatable bonds is 7. The fraction of sp³-hybridized carbons (Fsp3) is 0.316. The molecule has 0 bridgehead atoms. The number of halogens is 1. The van der Waals surface area contributed by atoms with Gasteiger partial charge in [-0.05, 0) is 49.2 Å². The average Bonchev–Trinajstić information content (AvgIpc) is 3.24. The Labute approximate surface area is 186 Å². The molecule has 31 heavy (non-hydrogen) atoms. The van der Waals surface area contributed by atoms with Gasteiger partial charge in [-0.25, -0.2) is 16.8 Å². The van der Waals surface area contributed by atoms with E-state index < -0.39 is 26.0 Å². The smallest absolute Gasteiger partial charge is 0.257 e. The highest BCUT2D eigenvalue weighted by Crippen LogP contribution is 2.31.